The van der Waals surface area contributed by atoms with Crippen molar-refractivity contribution >= 4 is 34.6 Å². The maximum atomic E-state index is 13.8. The number of thiophene rings is 1. The fourth-order valence-electron chi connectivity index (χ4n) is 3.27. The van der Waals surface area contributed by atoms with Crippen molar-refractivity contribution in [3.63, 3.8) is 0 Å². The van der Waals surface area contributed by atoms with E-state index in [2.05, 4.69) is 20.9 Å². The second-order valence-corrected chi connectivity index (χ2v) is 8.80. The largest absolute Gasteiger partial charge is 0.396 e. The van der Waals surface area contributed by atoms with Crippen LogP contribution >= 0.6 is 11.3 Å². The minimum absolute atomic E-state index is 0.245. The number of rotatable bonds is 10. The Morgan fingerprint density at radius 2 is 1.97 bits per heavy atom. The van der Waals surface area contributed by atoms with Crippen molar-refractivity contribution in [2.75, 3.05) is 38.2 Å². The zero-order valence-electron chi connectivity index (χ0n) is 19.2. The molecular weight excluding hydrogens is 455 g/mol. The van der Waals surface area contributed by atoms with E-state index in [4.69, 9.17) is 5.73 Å². The number of hydrogen-bond acceptors (Lipinski definition) is 6. The van der Waals surface area contributed by atoms with E-state index in [-0.39, 0.29) is 29.5 Å². The molecule has 8 nitrogen and oxygen atoms in total. The lowest BCUT2D eigenvalue weighted by atomic mass is 10.1. The van der Waals surface area contributed by atoms with Crippen molar-refractivity contribution in [2.45, 2.75) is 18.9 Å². The van der Waals surface area contributed by atoms with E-state index in [1.807, 2.05) is 19.0 Å². The molecule has 1 aromatic carbocycles. The van der Waals surface area contributed by atoms with E-state index in [1.165, 1.54) is 17.4 Å². The van der Waals surface area contributed by atoms with Gasteiger partial charge in [0.25, 0.3) is 5.91 Å². The van der Waals surface area contributed by atoms with Gasteiger partial charge in [0.2, 0.25) is 0 Å². The van der Waals surface area contributed by atoms with Crippen LogP contribution in [0.5, 0.6) is 0 Å². The van der Waals surface area contributed by atoms with Gasteiger partial charge in [-0.1, -0.05) is 24.3 Å². The van der Waals surface area contributed by atoms with Crippen molar-refractivity contribution in [2.24, 2.45) is 0 Å². The van der Waals surface area contributed by atoms with Crippen LogP contribution in [0.15, 0.2) is 53.4 Å². The van der Waals surface area contributed by atoms with Gasteiger partial charge in [0.05, 0.1) is 17.4 Å². The van der Waals surface area contributed by atoms with Crippen LogP contribution in [0.25, 0.3) is 0 Å². The summed E-state index contributed by atoms with van der Waals surface area (Å²) in [5.74, 6) is -0.647. The van der Waals surface area contributed by atoms with Crippen LogP contribution in [0.4, 0.5) is 20.6 Å². The Hall–Kier alpha value is -3.50. The molecule has 0 spiro atoms. The number of nitrogens with two attached hydrogens (primary N) is 1. The summed E-state index contributed by atoms with van der Waals surface area (Å²) in [4.78, 5) is 31.3. The molecule has 0 fully saturated rings. The number of amides is 3. The first kappa shape index (κ1) is 25.1. The van der Waals surface area contributed by atoms with Crippen LogP contribution in [0.1, 0.15) is 34.1 Å². The summed E-state index contributed by atoms with van der Waals surface area (Å²) < 4.78 is 13.8. The maximum Gasteiger partial charge on any atom is 0.315 e. The smallest absolute Gasteiger partial charge is 0.315 e. The van der Waals surface area contributed by atoms with E-state index in [0.717, 1.165) is 12.1 Å². The Morgan fingerprint density at radius 1 is 1.18 bits per heavy atom. The quantitative estimate of drug-likeness (QED) is 0.351. The van der Waals surface area contributed by atoms with Crippen LogP contribution in [0.3, 0.4) is 0 Å². The van der Waals surface area contributed by atoms with Gasteiger partial charge in [-0.05, 0) is 56.7 Å². The Balaban J connectivity index is 1.60. The highest BCUT2D eigenvalue weighted by Gasteiger charge is 2.17. The molecule has 2 heterocycles. The first-order valence-corrected chi connectivity index (χ1v) is 11.8. The van der Waals surface area contributed by atoms with Crippen LogP contribution in [-0.2, 0) is 6.42 Å². The van der Waals surface area contributed by atoms with Gasteiger partial charge < -0.3 is 26.6 Å². The highest BCUT2D eigenvalue weighted by Crippen LogP contribution is 2.23. The Kier molecular flexibility index (Phi) is 8.94. The molecule has 180 valence electrons. The molecule has 0 radical (unpaired) electrons. The number of pyridine rings is 1. The van der Waals surface area contributed by atoms with Crippen molar-refractivity contribution in [3.8, 4) is 0 Å². The molecule has 0 bridgehead atoms. The lowest BCUT2D eigenvalue weighted by Gasteiger charge is -2.21. The average molecular weight is 485 g/mol. The first-order chi connectivity index (χ1) is 16.3. The molecule has 0 aliphatic carbocycles. The molecule has 0 saturated carbocycles. The standard InChI is InChI=1S/C24H29FN6O2S/c1-31(2)12-10-20(30-24(33)27-11-9-16-5-3-4-6-18(16)25)17-7-8-21(28-13-17)23(32)29-22-15-34-14-19(22)26/h3-8,13-15,20H,9-12,26H2,1-2H3,(H,29,32)(H2,27,30,33). The molecule has 1 atom stereocenters. The lowest BCUT2D eigenvalue weighted by Crippen LogP contribution is -2.39. The van der Waals surface area contributed by atoms with Gasteiger partial charge in [-0.25, -0.2) is 9.18 Å². The van der Waals surface area contributed by atoms with Crippen LogP contribution in [0, 0.1) is 5.82 Å². The summed E-state index contributed by atoms with van der Waals surface area (Å²) in [6, 6.07) is 9.23. The molecule has 3 rings (SSSR count). The zero-order chi connectivity index (χ0) is 24.5. The van der Waals surface area contributed by atoms with E-state index in [0.29, 0.717) is 36.3 Å². The summed E-state index contributed by atoms with van der Waals surface area (Å²) >= 11 is 1.40. The summed E-state index contributed by atoms with van der Waals surface area (Å²) in [7, 11) is 3.90. The third kappa shape index (κ3) is 7.26. The Labute approximate surface area is 202 Å². The molecule has 1 unspecified atom stereocenters. The van der Waals surface area contributed by atoms with E-state index < -0.39 is 0 Å². The van der Waals surface area contributed by atoms with Crippen molar-refractivity contribution in [1.82, 2.24) is 20.5 Å². The molecule has 2 aromatic heterocycles. The molecule has 10 heteroatoms. The molecular formula is C24H29FN6O2S. The summed E-state index contributed by atoms with van der Waals surface area (Å²) in [6.07, 6.45) is 2.63. The number of anilines is 2. The van der Waals surface area contributed by atoms with Crippen molar-refractivity contribution in [1.29, 1.82) is 0 Å². The third-order valence-electron chi connectivity index (χ3n) is 5.17. The lowest BCUT2D eigenvalue weighted by molar-refractivity contribution is 0.102. The number of benzene rings is 1. The van der Waals surface area contributed by atoms with Crippen LogP contribution in [0.2, 0.25) is 0 Å². The number of nitrogens with zero attached hydrogens (tertiary/aromatic N) is 2. The molecule has 3 amide bonds. The highest BCUT2D eigenvalue weighted by molar-refractivity contribution is 7.09. The van der Waals surface area contributed by atoms with Gasteiger partial charge in [0, 0.05) is 23.5 Å². The third-order valence-corrected chi connectivity index (χ3v) is 5.93. The summed E-state index contributed by atoms with van der Waals surface area (Å²) in [5.41, 5.74) is 8.45. The molecule has 0 aliphatic heterocycles. The number of halogens is 1. The van der Waals surface area contributed by atoms with Gasteiger partial charge in [-0.2, -0.15) is 0 Å². The maximum absolute atomic E-state index is 13.8. The monoisotopic (exact) mass is 484 g/mol. The van der Waals surface area contributed by atoms with Crippen molar-refractivity contribution < 1.29 is 14.0 Å². The van der Waals surface area contributed by atoms with Gasteiger partial charge >= 0.3 is 6.03 Å². The van der Waals surface area contributed by atoms with E-state index >= 15 is 0 Å². The molecule has 0 saturated heterocycles. The number of nitrogen functional groups attached to an aromatic ring is 1. The number of carbonyl (C=O) groups excluding carboxylic acids is 2. The minimum atomic E-state index is -0.361. The summed E-state index contributed by atoms with van der Waals surface area (Å²) in [5, 5.41) is 12.0. The fraction of sp³-hybridized carbons (Fsp3) is 0.292. The topological polar surface area (TPSA) is 112 Å². The van der Waals surface area contributed by atoms with Gasteiger partial charge in [0.1, 0.15) is 11.5 Å². The Bertz CT molecular complexity index is 1100. The van der Waals surface area contributed by atoms with Gasteiger partial charge in [-0.15, -0.1) is 11.3 Å². The molecule has 3 aromatic rings. The van der Waals surface area contributed by atoms with Crippen LogP contribution < -0.4 is 21.7 Å². The minimum Gasteiger partial charge on any atom is -0.396 e. The number of hydrogen-bond donors (Lipinski definition) is 4. The number of carbonyl (C=O) groups is 2. The van der Waals surface area contributed by atoms with E-state index in [9.17, 15) is 14.0 Å². The molecule has 34 heavy (non-hydrogen) atoms. The van der Waals surface area contributed by atoms with Gasteiger partial charge in [0.15, 0.2) is 0 Å². The van der Waals surface area contributed by atoms with Crippen LogP contribution in [-0.4, -0.2) is 49.0 Å². The number of urea groups is 1. The second kappa shape index (κ2) is 12.1. The predicted molar refractivity (Wildman–Crippen MR) is 133 cm³/mol. The fourth-order valence-corrected chi connectivity index (χ4v) is 3.94. The van der Waals surface area contributed by atoms with E-state index in [1.54, 1.807) is 47.3 Å². The van der Waals surface area contributed by atoms with Gasteiger partial charge in [-0.3, -0.25) is 9.78 Å². The van der Waals surface area contributed by atoms with Crippen molar-refractivity contribution in [3.05, 3.63) is 76.0 Å². The average Bonchev–Trinajstić information content (AvgIpc) is 3.22. The zero-order valence-corrected chi connectivity index (χ0v) is 20.0. The number of nitrogens with one attached hydrogen (secondary N) is 3. The second-order valence-electron chi connectivity index (χ2n) is 8.06. The predicted octanol–water partition coefficient (Wildman–Crippen LogP) is 3.65. The normalized spacial score (nSPS) is 11.8. The highest BCUT2D eigenvalue weighted by atomic mass is 32.1. The molecule has 5 N–H and O–H groups in total. The Morgan fingerprint density at radius 3 is 2.62 bits per heavy atom. The summed E-state index contributed by atoms with van der Waals surface area (Å²) in [6.45, 7) is 1.04. The number of aromatic nitrogens is 1. The first-order valence-electron chi connectivity index (χ1n) is 10.8. The molecule has 0 aliphatic rings. The SMILES string of the molecule is CN(C)CCC(NC(=O)NCCc1ccccc1F)c1ccc(C(=O)Nc2cscc2N)nc1.